The van der Waals surface area contributed by atoms with Gasteiger partial charge in [0, 0.05) is 17.1 Å². The molecule has 2 aromatic rings. The van der Waals surface area contributed by atoms with E-state index in [-0.39, 0.29) is 17.7 Å². The van der Waals surface area contributed by atoms with Crippen molar-refractivity contribution in [2.24, 2.45) is 5.92 Å². The number of cyclic esters (lactones) is 1. The number of ketones is 1. The van der Waals surface area contributed by atoms with Gasteiger partial charge in [0.05, 0.1) is 12.2 Å². The molecule has 114 valence electrons. The lowest BCUT2D eigenvalue weighted by Crippen LogP contribution is -2.17. The van der Waals surface area contributed by atoms with Crippen molar-refractivity contribution in [2.75, 3.05) is 6.61 Å². The highest BCUT2D eigenvalue weighted by molar-refractivity contribution is 6.05. The highest BCUT2D eigenvalue weighted by Gasteiger charge is 2.38. The van der Waals surface area contributed by atoms with E-state index in [0.717, 1.165) is 28.7 Å². The van der Waals surface area contributed by atoms with E-state index in [1.54, 1.807) is 6.92 Å². The molecule has 2 aromatic carbocycles. The van der Waals surface area contributed by atoms with Crippen molar-refractivity contribution in [3.8, 4) is 0 Å². The van der Waals surface area contributed by atoms with Crippen molar-refractivity contribution in [3.63, 3.8) is 0 Å². The maximum absolute atomic E-state index is 12.2. The van der Waals surface area contributed by atoms with E-state index in [1.807, 2.05) is 36.4 Å². The zero-order valence-corrected chi connectivity index (χ0v) is 12.8. The van der Waals surface area contributed by atoms with Crippen LogP contribution in [0.3, 0.4) is 0 Å². The number of carbonyl (C=O) groups excluding carboxylic acids is 2. The van der Waals surface area contributed by atoms with Crippen LogP contribution in [-0.2, 0) is 16.0 Å². The van der Waals surface area contributed by atoms with Crippen LogP contribution in [0.4, 0.5) is 0 Å². The minimum absolute atomic E-state index is 0.0383. The lowest BCUT2D eigenvalue weighted by atomic mass is 9.77. The van der Waals surface area contributed by atoms with E-state index < -0.39 is 0 Å². The predicted molar refractivity (Wildman–Crippen MR) is 87.1 cm³/mol. The number of esters is 1. The third kappa shape index (κ3) is 2.20. The molecular weight excluding hydrogens is 288 g/mol. The molecule has 0 amide bonds. The summed E-state index contributed by atoms with van der Waals surface area (Å²) < 4.78 is 5.29. The summed E-state index contributed by atoms with van der Waals surface area (Å²) in [4.78, 5) is 23.7. The molecular formula is C20H16O3. The molecule has 3 nitrogen and oxygen atoms in total. The molecule has 0 saturated carbocycles. The fraction of sp³-hybridized carbons (Fsp3) is 0.200. The van der Waals surface area contributed by atoms with Crippen molar-refractivity contribution in [2.45, 2.75) is 13.3 Å². The molecule has 1 fully saturated rings. The van der Waals surface area contributed by atoms with Crippen molar-refractivity contribution in [3.05, 3.63) is 76.4 Å². The molecule has 23 heavy (non-hydrogen) atoms. The number of benzene rings is 2. The molecule has 0 bridgehead atoms. The van der Waals surface area contributed by atoms with Gasteiger partial charge in [0.1, 0.15) is 0 Å². The summed E-state index contributed by atoms with van der Waals surface area (Å²) >= 11 is 0. The molecule has 2 aliphatic rings. The summed E-state index contributed by atoms with van der Waals surface area (Å²) in [5, 5.41) is 0. The first kappa shape index (κ1) is 13.9. The summed E-state index contributed by atoms with van der Waals surface area (Å²) in [5.74, 6) is -0.0496. The smallest absolute Gasteiger partial charge is 0.335 e. The summed E-state index contributed by atoms with van der Waals surface area (Å²) in [5.41, 5.74) is 5.70. The van der Waals surface area contributed by atoms with Gasteiger partial charge in [0.25, 0.3) is 0 Å². The Morgan fingerprint density at radius 3 is 2.57 bits per heavy atom. The standard InChI is InChI=1S/C20H16O3/c1-12(21)13-6-8-14(9-7-13)18-17-5-3-2-4-15(17)10-16-11-23-20(22)19(16)18/h2-9,16H,10-11H2,1H3. The molecule has 1 aliphatic heterocycles. The Labute approximate surface area is 134 Å². The average Bonchev–Trinajstić information content (AvgIpc) is 2.94. The van der Waals surface area contributed by atoms with Gasteiger partial charge in [-0.05, 0) is 30.0 Å². The molecule has 1 heterocycles. The molecule has 0 aromatic heterocycles. The lowest BCUT2D eigenvalue weighted by Gasteiger charge is -2.24. The van der Waals surface area contributed by atoms with Crippen LogP contribution in [0.2, 0.25) is 0 Å². The highest BCUT2D eigenvalue weighted by Crippen LogP contribution is 2.42. The van der Waals surface area contributed by atoms with E-state index in [9.17, 15) is 9.59 Å². The molecule has 4 rings (SSSR count). The first-order chi connectivity index (χ1) is 11.1. The second kappa shape index (κ2) is 5.20. The number of carbonyl (C=O) groups is 2. The fourth-order valence-corrected chi connectivity index (χ4v) is 3.51. The Kier molecular flexibility index (Phi) is 3.15. The van der Waals surface area contributed by atoms with Crippen molar-refractivity contribution in [1.82, 2.24) is 0 Å². The first-order valence-electron chi connectivity index (χ1n) is 7.76. The van der Waals surface area contributed by atoms with Crippen LogP contribution in [0.15, 0.2) is 54.1 Å². The number of fused-ring (bicyclic) bond motifs is 2. The number of ether oxygens (including phenoxy) is 1. The van der Waals surface area contributed by atoms with Crippen LogP contribution in [0.5, 0.6) is 0 Å². The van der Waals surface area contributed by atoms with Crippen molar-refractivity contribution < 1.29 is 14.3 Å². The van der Waals surface area contributed by atoms with Gasteiger partial charge in [0.2, 0.25) is 0 Å². The predicted octanol–water partition coefficient (Wildman–Crippen LogP) is 3.42. The van der Waals surface area contributed by atoms with E-state index in [1.165, 1.54) is 5.56 Å². The molecule has 1 unspecified atom stereocenters. The van der Waals surface area contributed by atoms with Crippen molar-refractivity contribution >= 4 is 17.3 Å². The number of rotatable bonds is 2. The highest BCUT2D eigenvalue weighted by atomic mass is 16.5. The Hall–Kier alpha value is -2.68. The van der Waals surface area contributed by atoms with Gasteiger partial charge in [-0.1, -0.05) is 48.5 Å². The molecule has 3 heteroatoms. The summed E-state index contributed by atoms with van der Waals surface area (Å²) in [7, 11) is 0. The lowest BCUT2D eigenvalue weighted by molar-refractivity contribution is -0.135. The van der Waals surface area contributed by atoms with Crippen LogP contribution in [0, 0.1) is 5.92 Å². The number of hydrogen-bond acceptors (Lipinski definition) is 3. The van der Waals surface area contributed by atoms with E-state index >= 15 is 0 Å². The first-order valence-corrected chi connectivity index (χ1v) is 7.76. The fourth-order valence-electron chi connectivity index (χ4n) is 3.51. The third-order valence-electron chi connectivity index (χ3n) is 4.65. The second-order valence-corrected chi connectivity index (χ2v) is 6.08. The van der Waals surface area contributed by atoms with Crippen molar-refractivity contribution in [1.29, 1.82) is 0 Å². The SMILES string of the molecule is CC(=O)c1ccc(C2=C3C(=O)OCC3Cc3ccccc32)cc1. The molecule has 1 aliphatic carbocycles. The summed E-state index contributed by atoms with van der Waals surface area (Å²) in [6, 6.07) is 15.7. The van der Waals surface area contributed by atoms with Gasteiger partial charge < -0.3 is 4.74 Å². The Balaban J connectivity index is 1.93. The molecule has 0 N–H and O–H groups in total. The van der Waals surface area contributed by atoms with Gasteiger partial charge in [-0.2, -0.15) is 0 Å². The van der Waals surface area contributed by atoms with E-state index in [0.29, 0.717) is 12.2 Å². The molecule has 0 spiro atoms. The van der Waals surface area contributed by atoms with E-state index in [4.69, 9.17) is 4.74 Å². The molecule has 1 saturated heterocycles. The molecule has 0 radical (unpaired) electrons. The largest absolute Gasteiger partial charge is 0.462 e. The number of hydrogen-bond donors (Lipinski definition) is 0. The maximum Gasteiger partial charge on any atom is 0.335 e. The maximum atomic E-state index is 12.2. The minimum atomic E-state index is -0.213. The summed E-state index contributed by atoms with van der Waals surface area (Å²) in [6.07, 6.45) is 0.840. The Morgan fingerprint density at radius 1 is 1.09 bits per heavy atom. The summed E-state index contributed by atoms with van der Waals surface area (Å²) in [6.45, 7) is 2.01. The van der Waals surface area contributed by atoms with Gasteiger partial charge in [-0.3, -0.25) is 4.79 Å². The Bertz CT molecular complexity index is 843. The Morgan fingerprint density at radius 2 is 1.83 bits per heavy atom. The third-order valence-corrected chi connectivity index (χ3v) is 4.65. The minimum Gasteiger partial charge on any atom is -0.462 e. The monoisotopic (exact) mass is 304 g/mol. The quantitative estimate of drug-likeness (QED) is 0.631. The van der Waals surface area contributed by atoms with E-state index in [2.05, 4.69) is 12.1 Å². The second-order valence-electron chi connectivity index (χ2n) is 6.08. The van der Waals surface area contributed by atoms with Gasteiger partial charge in [-0.25, -0.2) is 4.79 Å². The van der Waals surface area contributed by atoms with Crippen LogP contribution < -0.4 is 0 Å². The zero-order chi connectivity index (χ0) is 16.0. The van der Waals surface area contributed by atoms with Gasteiger partial charge in [-0.15, -0.1) is 0 Å². The van der Waals surface area contributed by atoms with Crippen LogP contribution >= 0.6 is 0 Å². The zero-order valence-electron chi connectivity index (χ0n) is 12.8. The van der Waals surface area contributed by atoms with Gasteiger partial charge in [0.15, 0.2) is 5.78 Å². The van der Waals surface area contributed by atoms with Crippen LogP contribution in [0.1, 0.15) is 34.0 Å². The molecule has 1 atom stereocenters. The number of Topliss-reactive ketones (excluding diaryl/α,β-unsaturated/α-hetero) is 1. The van der Waals surface area contributed by atoms with Crippen LogP contribution in [0.25, 0.3) is 5.57 Å². The van der Waals surface area contributed by atoms with Gasteiger partial charge >= 0.3 is 5.97 Å². The normalized spacial score (nSPS) is 19.2. The van der Waals surface area contributed by atoms with Crippen LogP contribution in [-0.4, -0.2) is 18.4 Å². The average molecular weight is 304 g/mol. The topological polar surface area (TPSA) is 43.4 Å².